The summed E-state index contributed by atoms with van der Waals surface area (Å²) in [6.07, 6.45) is 4.22. The smallest absolute Gasteiger partial charge is 0.410 e. The lowest BCUT2D eigenvalue weighted by Crippen LogP contribution is -2.38. The zero-order valence-electron chi connectivity index (χ0n) is 27.8. The molecule has 11 heteroatoms. The number of aromatic hydroxyl groups is 1. The van der Waals surface area contributed by atoms with E-state index in [9.17, 15) is 24.6 Å². The van der Waals surface area contributed by atoms with Crippen molar-refractivity contribution in [3.8, 4) is 28.5 Å². The Balaban J connectivity index is 1.64. The summed E-state index contributed by atoms with van der Waals surface area (Å²) in [4.78, 5) is 40.6. The van der Waals surface area contributed by atoms with Crippen molar-refractivity contribution in [1.29, 1.82) is 0 Å². The van der Waals surface area contributed by atoms with Crippen molar-refractivity contribution in [2.24, 2.45) is 7.05 Å². The molecule has 1 aliphatic rings. The van der Waals surface area contributed by atoms with Crippen LogP contribution in [0.2, 0.25) is 0 Å². The third kappa shape index (κ3) is 6.43. The number of aromatic carboxylic acids is 1. The van der Waals surface area contributed by atoms with Crippen LogP contribution in [-0.2, 0) is 31.2 Å². The molecule has 5 rings (SSSR count). The van der Waals surface area contributed by atoms with Crippen LogP contribution in [0.25, 0.3) is 28.2 Å². The Morgan fingerprint density at radius 3 is 2.45 bits per heavy atom. The van der Waals surface area contributed by atoms with Crippen LogP contribution in [-0.4, -0.2) is 69.2 Å². The van der Waals surface area contributed by atoms with Crippen molar-refractivity contribution in [3.05, 3.63) is 80.8 Å². The minimum Gasteiger partial charge on any atom is -0.506 e. The molecule has 1 aliphatic carbocycles. The number of fused-ring (bicyclic) bond motifs is 4. The predicted molar refractivity (Wildman–Crippen MR) is 180 cm³/mol. The van der Waals surface area contributed by atoms with Gasteiger partial charge in [0.25, 0.3) is 5.56 Å². The van der Waals surface area contributed by atoms with Gasteiger partial charge < -0.3 is 38.5 Å². The highest BCUT2D eigenvalue weighted by molar-refractivity contribution is 5.95. The first-order chi connectivity index (χ1) is 22.3. The maximum atomic E-state index is 13.9. The van der Waals surface area contributed by atoms with Crippen molar-refractivity contribution in [2.45, 2.75) is 52.7 Å². The van der Waals surface area contributed by atoms with Gasteiger partial charge in [0, 0.05) is 65.9 Å². The zero-order valence-corrected chi connectivity index (χ0v) is 27.8. The second kappa shape index (κ2) is 12.9. The number of rotatable bonds is 9. The number of allylic oxidation sites excluding steroid dienone is 1. The monoisotopic (exact) mass is 643 g/mol. The molecule has 47 heavy (non-hydrogen) atoms. The summed E-state index contributed by atoms with van der Waals surface area (Å²) in [5, 5.41) is 22.1. The van der Waals surface area contributed by atoms with Crippen LogP contribution in [0.3, 0.4) is 0 Å². The number of pyridine rings is 1. The molecule has 1 amide bonds. The van der Waals surface area contributed by atoms with E-state index in [0.717, 1.165) is 22.2 Å². The van der Waals surface area contributed by atoms with E-state index in [1.807, 2.05) is 65.1 Å². The third-order valence-corrected chi connectivity index (χ3v) is 8.43. The fourth-order valence-corrected chi connectivity index (χ4v) is 6.06. The fraction of sp³-hybridized carbons (Fsp3) is 0.361. The Labute approximate surface area is 273 Å². The molecular formula is C36H41N3O8. The normalized spacial score (nSPS) is 12.3. The van der Waals surface area contributed by atoms with E-state index in [4.69, 9.17) is 14.2 Å². The number of nitrogens with zero attached hydrogens (tertiary/aromatic N) is 3. The topological polar surface area (TPSA) is 132 Å². The lowest BCUT2D eigenvalue weighted by Gasteiger charge is -2.26. The number of hydrogen-bond acceptors (Lipinski definition) is 7. The first kappa shape index (κ1) is 33.2. The number of carboxylic acids is 1. The number of ether oxygens (including phenoxy) is 3. The summed E-state index contributed by atoms with van der Waals surface area (Å²) in [6, 6.07) is 11.2. The number of aromatic nitrogens is 2. The van der Waals surface area contributed by atoms with Crippen LogP contribution in [0, 0.1) is 0 Å². The summed E-state index contributed by atoms with van der Waals surface area (Å²) >= 11 is 0. The molecule has 11 nitrogen and oxygen atoms in total. The molecule has 2 aromatic heterocycles. The van der Waals surface area contributed by atoms with Gasteiger partial charge in [0.1, 0.15) is 22.8 Å². The average Bonchev–Trinajstić information content (AvgIpc) is 3.19. The maximum absolute atomic E-state index is 13.9. The molecule has 0 aliphatic heterocycles. The van der Waals surface area contributed by atoms with Crippen molar-refractivity contribution >= 4 is 29.0 Å². The fourth-order valence-electron chi connectivity index (χ4n) is 6.06. The van der Waals surface area contributed by atoms with Gasteiger partial charge in [0.15, 0.2) is 5.56 Å². The van der Waals surface area contributed by atoms with Crippen molar-refractivity contribution in [1.82, 2.24) is 14.0 Å². The maximum Gasteiger partial charge on any atom is 0.410 e. The number of carbonyl (C=O) groups excluding carboxylic acids is 1. The lowest BCUT2D eigenvalue weighted by molar-refractivity contribution is 0.0261. The Morgan fingerprint density at radius 1 is 1.06 bits per heavy atom. The molecule has 0 atom stereocenters. The van der Waals surface area contributed by atoms with E-state index >= 15 is 0 Å². The van der Waals surface area contributed by atoms with Crippen molar-refractivity contribution in [2.75, 3.05) is 27.3 Å². The van der Waals surface area contributed by atoms with Gasteiger partial charge in [-0.15, -0.1) is 0 Å². The number of benzene rings is 2. The van der Waals surface area contributed by atoms with Gasteiger partial charge in [-0.3, -0.25) is 4.79 Å². The van der Waals surface area contributed by atoms with E-state index in [-0.39, 0.29) is 19.1 Å². The van der Waals surface area contributed by atoms with Gasteiger partial charge >= 0.3 is 12.1 Å². The molecule has 2 heterocycles. The van der Waals surface area contributed by atoms with Gasteiger partial charge in [-0.2, -0.15) is 0 Å². The Bertz CT molecular complexity index is 1960. The minimum absolute atomic E-state index is 0.00999. The van der Waals surface area contributed by atoms with Gasteiger partial charge in [0.2, 0.25) is 0 Å². The highest BCUT2D eigenvalue weighted by atomic mass is 16.6. The second-order valence-corrected chi connectivity index (χ2v) is 12.5. The third-order valence-electron chi connectivity index (χ3n) is 8.43. The molecule has 0 bridgehead atoms. The van der Waals surface area contributed by atoms with Crippen LogP contribution >= 0.6 is 0 Å². The number of carbonyl (C=O) groups is 2. The molecular weight excluding hydrogens is 602 g/mol. The molecule has 0 saturated carbocycles. The average molecular weight is 644 g/mol. The minimum atomic E-state index is -1.50. The van der Waals surface area contributed by atoms with E-state index < -0.39 is 28.4 Å². The predicted octanol–water partition coefficient (Wildman–Crippen LogP) is 5.85. The zero-order chi connectivity index (χ0) is 34.2. The summed E-state index contributed by atoms with van der Waals surface area (Å²) in [6.45, 7) is 8.40. The van der Waals surface area contributed by atoms with Crippen LogP contribution < -0.4 is 15.0 Å². The van der Waals surface area contributed by atoms with E-state index in [1.54, 1.807) is 30.2 Å². The Hall–Kier alpha value is -5.19. The molecule has 0 saturated heterocycles. The Morgan fingerprint density at radius 2 is 1.81 bits per heavy atom. The molecule has 2 N–H and O–H groups in total. The van der Waals surface area contributed by atoms with Gasteiger partial charge in [-0.1, -0.05) is 12.2 Å². The largest absolute Gasteiger partial charge is 0.506 e. The van der Waals surface area contributed by atoms with E-state index in [0.29, 0.717) is 53.4 Å². The first-order valence-electron chi connectivity index (χ1n) is 15.5. The Kier molecular flexibility index (Phi) is 9.11. The molecule has 0 fully saturated rings. The summed E-state index contributed by atoms with van der Waals surface area (Å²) < 4.78 is 20.0. The highest BCUT2D eigenvalue weighted by Gasteiger charge is 2.29. The van der Waals surface area contributed by atoms with Crippen LogP contribution in [0.15, 0.2) is 47.3 Å². The van der Waals surface area contributed by atoms with Crippen LogP contribution in [0.5, 0.6) is 17.2 Å². The SMILES string of the molecule is CCN(CCc1cc2cc3c(cc2n1C)C=CCc1c(O)c(C(=O)O)c(=O)n(Cc2ccc(OC)cc2OC)c1-3)C(=O)OC(C)(C)C. The standard InChI is InChI=1S/C36H41N3O8/c1-8-38(35(44)47-36(2,3)4)15-14-24-16-23-17-27-21(18-28(23)37(24)5)10-9-11-26-31(27)39(33(41)30(32(26)40)34(42)43)20-22-12-13-25(45-6)19-29(22)46-7/h9-10,12-13,16-19,40H,8,11,14-15,20H2,1-7H3,(H,42,43). The van der Waals surface area contributed by atoms with Crippen molar-refractivity contribution < 1.29 is 34.0 Å². The molecule has 4 aromatic rings. The highest BCUT2D eigenvalue weighted by Crippen LogP contribution is 2.40. The van der Waals surface area contributed by atoms with Crippen molar-refractivity contribution in [3.63, 3.8) is 0 Å². The number of carboxylic acid groups (broad SMARTS) is 1. The van der Waals surface area contributed by atoms with Crippen LogP contribution in [0.1, 0.15) is 60.4 Å². The van der Waals surface area contributed by atoms with Gasteiger partial charge in [0.05, 0.1) is 26.5 Å². The number of likely N-dealkylation sites (N-methyl/N-ethyl adjacent to an activating group) is 1. The van der Waals surface area contributed by atoms with E-state index in [2.05, 4.69) is 4.57 Å². The lowest BCUT2D eigenvalue weighted by atomic mass is 9.96. The summed E-state index contributed by atoms with van der Waals surface area (Å²) in [5.41, 5.74) is 2.75. The molecule has 248 valence electrons. The number of aryl methyl sites for hydroxylation is 1. The summed E-state index contributed by atoms with van der Waals surface area (Å²) in [5.74, 6) is -1.00. The van der Waals surface area contributed by atoms with Gasteiger partial charge in [-0.25, -0.2) is 9.59 Å². The first-order valence-corrected chi connectivity index (χ1v) is 15.5. The van der Waals surface area contributed by atoms with Crippen LogP contribution in [0.4, 0.5) is 4.79 Å². The summed E-state index contributed by atoms with van der Waals surface area (Å²) in [7, 11) is 5.02. The van der Waals surface area contributed by atoms with Gasteiger partial charge in [-0.05, 0) is 70.0 Å². The second-order valence-electron chi connectivity index (χ2n) is 12.5. The molecule has 0 unspecified atom stereocenters. The number of amides is 1. The molecule has 2 aromatic carbocycles. The molecule has 0 radical (unpaired) electrons. The van der Waals surface area contributed by atoms with E-state index in [1.165, 1.54) is 11.7 Å². The molecule has 0 spiro atoms. The number of hydrogen-bond donors (Lipinski definition) is 2. The number of methoxy groups -OCH3 is 2. The quantitative estimate of drug-likeness (QED) is 0.232.